The first-order valence-electron chi connectivity index (χ1n) is 6.65. The third-order valence-electron chi connectivity index (χ3n) is 3.31. The van der Waals surface area contributed by atoms with Crippen LogP contribution in [0.4, 0.5) is 11.4 Å². The molecule has 2 amide bonds. The van der Waals surface area contributed by atoms with Crippen molar-refractivity contribution >= 4 is 69.6 Å². The maximum absolute atomic E-state index is 12.6. The maximum Gasteiger partial charge on any atom is 0.283 e. The summed E-state index contributed by atoms with van der Waals surface area (Å²) in [5.74, 6) is -1.30. The van der Waals surface area contributed by atoms with Gasteiger partial charge in [0.05, 0.1) is 15.7 Å². The maximum atomic E-state index is 12.6. The van der Waals surface area contributed by atoms with Crippen molar-refractivity contribution in [3.8, 4) is 0 Å². The number of halogens is 4. The lowest BCUT2D eigenvalue weighted by Gasteiger charge is -2.17. The van der Waals surface area contributed by atoms with Gasteiger partial charge in [0, 0.05) is 10.7 Å². The molecule has 1 N–H and O–H groups in total. The van der Waals surface area contributed by atoms with Gasteiger partial charge in [0.2, 0.25) is 0 Å². The number of anilines is 2. The van der Waals surface area contributed by atoms with E-state index in [1.807, 2.05) is 0 Å². The number of benzene rings is 2. The van der Waals surface area contributed by atoms with Crippen molar-refractivity contribution in [2.45, 2.75) is 0 Å². The van der Waals surface area contributed by atoms with Crippen LogP contribution in [-0.2, 0) is 9.59 Å². The van der Waals surface area contributed by atoms with Crippen LogP contribution in [0, 0.1) is 0 Å². The second-order valence-electron chi connectivity index (χ2n) is 4.84. The Balaban J connectivity index is 1.95. The number of carbonyl (C=O) groups excluding carboxylic acids is 2. The van der Waals surface area contributed by atoms with E-state index in [9.17, 15) is 9.59 Å². The Hall–Kier alpha value is -1.72. The first kappa shape index (κ1) is 17.1. The molecule has 0 atom stereocenters. The number of rotatable bonds is 3. The first-order chi connectivity index (χ1) is 11.4. The molecule has 4 nitrogen and oxygen atoms in total. The molecule has 1 aliphatic rings. The Labute approximate surface area is 157 Å². The number of amides is 2. The molecule has 1 heterocycles. The Morgan fingerprint density at radius 1 is 0.833 bits per heavy atom. The standard InChI is InChI=1S/C16H8Cl4N2O2/c17-8-4-6-9(7-5-8)21-14-13(20)15(23)22(16(14)24)11-3-1-2-10(18)12(11)19/h1-7,21H. The van der Waals surface area contributed by atoms with E-state index >= 15 is 0 Å². The number of imide groups is 1. The van der Waals surface area contributed by atoms with E-state index in [1.54, 1.807) is 36.4 Å². The number of nitrogens with one attached hydrogen (secondary N) is 1. The molecule has 0 saturated carbocycles. The lowest BCUT2D eigenvalue weighted by molar-refractivity contribution is -0.120. The minimum Gasteiger partial charge on any atom is -0.350 e. The summed E-state index contributed by atoms with van der Waals surface area (Å²) in [4.78, 5) is 25.9. The molecule has 0 spiro atoms. The molecule has 122 valence electrons. The van der Waals surface area contributed by atoms with Crippen LogP contribution in [0.25, 0.3) is 0 Å². The van der Waals surface area contributed by atoms with Crippen molar-refractivity contribution in [2.24, 2.45) is 0 Å². The fraction of sp³-hybridized carbons (Fsp3) is 0. The van der Waals surface area contributed by atoms with Gasteiger partial charge in [-0.2, -0.15) is 0 Å². The van der Waals surface area contributed by atoms with E-state index in [0.717, 1.165) is 4.90 Å². The molecule has 2 aromatic rings. The first-order valence-corrected chi connectivity index (χ1v) is 8.16. The summed E-state index contributed by atoms with van der Waals surface area (Å²) < 4.78 is 0. The number of hydrogen-bond acceptors (Lipinski definition) is 3. The van der Waals surface area contributed by atoms with Gasteiger partial charge in [0.15, 0.2) is 0 Å². The van der Waals surface area contributed by atoms with E-state index in [-0.39, 0.29) is 26.5 Å². The van der Waals surface area contributed by atoms with E-state index in [4.69, 9.17) is 46.4 Å². The van der Waals surface area contributed by atoms with Gasteiger partial charge in [-0.25, -0.2) is 4.90 Å². The third-order valence-corrected chi connectivity index (χ3v) is 4.72. The molecule has 0 saturated heterocycles. The van der Waals surface area contributed by atoms with Crippen LogP contribution < -0.4 is 10.2 Å². The van der Waals surface area contributed by atoms with Crippen molar-refractivity contribution in [1.29, 1.82) is 0 Å². The van der Waals surface area contributed by atoms with Crippen molar-refractivity contribution in [2.75, 3.05) is 10.2 Å². The smallest absolute Gasteiger partial charge is 0.283 e. The zero-order valence-electron chi connectivity index (χ0n) is 11.8. The van der Waals surface area contributed by atoms with Crippen LogP contribution in [0.1, 0.15) is 0 Å². The van der Waals surface area contributed by atoms with E-state index in [2.05, 4.69) is 5.32 Å². The molecule has 2 aromatic carbocycles. The highest BCUT2D eigenvalue weighted by Crippen LogP contribution is 2.37. The summed E-state index contributed by atoms with van der Waals surface area (Å²) in [6, 6.07) is 11.3. The van der Waals surface area contributed by atoms with Crippen LogP contribution in [0.3, 0.4) is 0 Å². The van der Waals surface area contributed by atoms with Gasteiger partial charge in [-0.05, 0) is 36.4 Å². The van der Waals surface area contributed by atoms with Crippen molar-refractivity contribution in [3.05, 3.63) is 68.3 Å². The molecule has 8 heteroatoms. The van der Waals surface area contributed by atoms with Gasteiger partial charge in [0.1, 0.15) is 10.7 Å². The van der Waals surface area contributed by atoms with Gasteiger partial charge in [0.25, 0.3) is 11.8 Å². The highest BCUT2D eigenvalue weighted by Gasteiger charge is 2.40. The SMILES string of the molecule is O=C1C(Cl)=C(Nc2ccc(Cl)cc2)C(=O)N1c1cccc(Cl)c1Cl. The molecule has 0 unspecified atom stereocenters. The molecular formula is C16H8Cl4N2O2. The van der Waals surface area contributed by atoms with Crippen LogP contribution in [0.2, 0.25) is 15.1 Å². The molecule has 0 aliphatic carbocycles. The quantitative estimate of drug-likeness (QED) is 0.729. The van der Waals surface area contributed by atoms with Gasteiger partial charge >= 0.3 is 0 Å². The minimum atomic E-state index is -0.678. The molecule has 3 rings (SSSR count). The highest BCUT2D eigenvalue weighted by atomic mass is 35.5. The zero-order chi connectivity index (χ0) is 17.4. The Morgan fingerprint density at radius 3 is 2.17 bits per heavy atom. The minimum absolute atomic E-state index is 0.0416. The van der Waals surface area contributed by atoms with Crippen LogP contribution >= 0.6 is 46.4 Å². The van der Waals surface area contributed by atoms with E-state index in [0.29, 0.717) is 10.7 Å². The van der Waals surface area contributed by atoms with Crippen molar-refractivity contribution in [3.63, 3.8) is 0 Å². The molecule has 1 aliphatic heterocycles. The van der Waals surface area contributed by atoms with Crippen LogP contribution in [0.5, 0.6) is 0 Å². The number of nitrogens with zero attached hydrogens (tertiary/aromatic N) is 1. The fourth-order valence-corrected chi connectivity index (χ4v) is 2.89. The van der Waals surface area contributed by atoms with E-state index in [1.165, 1.54) is 6.07 Å². The van der Waals surface area contributed by atoms with Gasteiger partial charge < -0.3 is 5.32 Å². The largest absolute Gasteiger partial charge is 0.350 e. The van der Waals surface area contributed by atoms with Gasteiger partial charge in [-0.15, -0.1) is 0 Å². The lowest BCUT2D eigenvalue weighted by Crippen LogP contribution is -2.32. The van der Waals surface area contributed by atoms with Crippen LogP contribution in [-0.4, -0.2) is 11.8 Å². The molecule has 24 heavy (non-hydrogen) atoms. The monoisotopic (exact) mass is 400 g/mol. The van der Waals surface area contributed by atoms with Gasteiger partial charge in [-0.1, -0.05) is 52.5 Å². The average Bonchev–Trinajstić information content (AvgIpc) is 2.76. The Bertz CT molecular complexity index is 878. The molecule has 0 aromatic heterocycles. The Morgan fingerprint density at radius 2 is 1.50 bits per heavy atom. The average molecular weight is 402 g/mol. The van der Waals surface area contributed by atoms with Gasteiger partial charge in [-0.3, -0.25) is 9.59 Å². The topological polar surface area (TPSA) is 49.4 Å². The summed E-state index contributed by atoms with van der Waals surface area (Å²) in [6.07, 6.45) is 0. The summed E-state index contributed by atoms with van der Waals surface area (Å²) in [7, 11) is 0. The number of carbonyl (C=O) groups is 2. The fourth-order valence-electron chi connectivity index (χ4n) is 2.17. The second kappa shape index (κ2) is 6.65. The van der Waals surface area contributed by atoms with Crippen molar-refractivity contribution in [1.82, 2.24) is 0 Å². The summed E-state index contributed by atoms with van der Waals surface area (Å²) >= 11 is 23.9. The second-order valence-corrected chi connectivity index (χ2v) is 6.44. The van der Waals surface area contributed by atoms with E-state index < -0.39 is 11.8 Å². The molecule has 0 bridgehead atoms. The summed E-state index contributed by atoms with van der Waals surface area (Å²) in [6.45, 7) is 0. The molecular weight excluding hydrogens is 394 g/mol. The Kier molecular flexibility index (Phi) is 4.74. The number of hydrogen-bond donors (Lipinski definition) is 1. The highest BCUT2D eigenvalue weighted by molar-refractivity contribution is 6.54. The normalized spacial score (nSPS) is 14.6. The summed E-state index contributed by atoms with van der Waals surface area (Å²) in [5.41, 5.74) is 0.693. The lowest BCUT2D eigenvalue weighted by atomic mass is 10.3. The third kappa shape index (κ3) is 2.98. The predicted octanol–water partition coefficient (Wildman–Crippen LogP) is 5.08. The molecule has 0 fully saturated rings. The van der Waals surface area contributed by atoms with Crippen molar-refractivity contribution < 1.29 is 9.59 Å². The van der Waals surface area contributed by atoms with Crippen LogP contribution in [0.15, 0.2) is 53.2 Å². The summed E-state index contributed by atoms with van der Waals surface area (Å²) in [5, 5.41) is 3.47. The molecule has 0 radical (unpaired) electrons. The predicted molar refractivity (Wildman–Crippen MR) is 96.9 cm³/mol. The zero-order valence-corrected chi connectivity index (χ0v) is 14.8.